The molecule has 0 amide bonds. The number of benzene rings is 1. The van der Waals surface area contributed by atoms with Gasteiger partial charge in [0.15, 0.2) is 10.8 Å². The first-order valence-corrected chi connectivity index (χ1v) is 12.5. The van der Waals surface area contributed by atoms with E-state index in [-0.39, 0.29) is 17.5 Å². The Kier molecular flexibility index (Phi) is 6.68. The number of hydrogen-bond donors (Lipinski definition) is 3. The van der Waals surface area contributed by atoms with Crippen molar-refractivity contribution in [1.82, 2.24) is 19.9 Å². The summed E-state index contributed by atoms with van der Waals surface area (Å²) in [7, 11) is -3.75. The molecule has 0 atom stereocenters. The van der Waals surface area contributed by atoms with Gasteiger partial charge < -0.3 is 10.1 Å². The zero-order chi connectivity index (χ0) is 24.3. The van der Waals surface area contributed by atoms with Crippen LogP contribution in [0.4, 0.5) is 16.9 Å². The SMILES string of the molecule is CCOC(=O)c1sc(Nc2nc(NCc3ccc(S(N)(=O)=O)cc3)c3cccnc3n2)nc1C. The third-order valence-electron chi connectivity index (χ3n) is 4.66. The summed E-state index contributed by atoms with van der Waals surface area (Å²) in [6, 6.07) is 9.85. The van der Waals surface area contributed by atoms with Crippen LogP contribution in [-0.2, 0) is 21.3 Å². The number of anilines is 3. The Morgan fingerprint density at radius 3 is 2.62 bits per heavy atom. The van der Waals surface area contributed by atoms with E-state index < -0.39 is 16.0 Å². The molecule has 1 aromatic carbocycles. The Morgan fingerprint density at radius 2 is 1.91 bits per heavy atom. The van der Waals surface area contributed by atoms with Crippen molar-refractivity contribution in [3.8, 4) is 0 Å². The molecule has 0 bridgehead atoms. The highest BCUT2D eigenvalue weighted by Gasteiger charge is 2.18. The minimum atomic E-state index is -3.75. The number of aryl methyl sites for hydroxylation is 1. The molecule has 4 rings (SSSR count). The summed E-state index contributed by atoms with van der Waals surface area (Å²) >= 11 is 1.15. The van der Waals surface area contributed by atoms with E-state index in [1.165, 1.54) is 12.1 Å². The molecule has 0 fully saturated rings. The predicted octanol–water partition coefficient (Wildman–Crippen LogP) is 2.97. The zero-order valence-electron chi connectivity index (χ0n) is 18.3. The van der Waals surface area contributed by atoms with Gasteiger partial charge in [0, 0.05) is 12.7 Å². The zero-order valence-corrected chi connectivity index (χ0v) is 19.9. The Morgan fingerprint density at radius 1 is 1.15 bits per heavy atom. The molecule has 3 heterocycles. The van der Waals surface area contributed by atoms with Crippen LogP contribution >= 0.6 is 11.3 Å². The molecule has 0 radical (unpaired) electrons. The summed E-state index contributed by atoms with van der Waals surface area (Å²) in [4.78, 5) is 30.2. The molecule has 0 saturated heterocycles. The first kappa shape index (κ1) is 23.5. The second kappa shape index (κ2) is 9.67. The van der Waals surface area contributed by atoms with E-state index in [1.54, 1.807) is 38.2 Å². The van der Waals surface area contributed by atoms with Crippen molar-refractivity contribution in [2.75, 3.05) is 17.2 Å². The second-order valence-corrected chi connectivity index (χ2v) is 9.65. The minimum absolute atomic E-state index is 0.0420. The third-order valence-corrected chi connectivity index (χ3v) is 6.64. The fourth-order valence-electron chi connectivity index (χ4n) is 3.07. The van der Waals surface area contributed by atoms with Crippen molar-refractivity contribution in [2.45, 2.75) is 25.3 Å². The van der Waals surface area contributed by atoms with Crippen molar-refractivity contribution in [3.63, 3.8) is 0 Å². The van der Waals surface area contributed by atoms with Gasteiger partial charge in [-0.1, -0.05) is 23.5 Å². The van der Waals surface area contributed by atoms with Gasteiger partial charge in [0.25, 0.3) is 0 Å². The van der Waals surface area contributed by atoms with Gasteiger partial charge in [0.1, 0.15) is 10.7 Å². The Hall–Kier alpha value is -3.68. The molecule has 0 spiro atoms. The molecule has 176 valence electrons. The maximum atomic E-state index is 12.1. The Balaban J connectivity index is 1.58. The van der Waals surface area contributed by atoms with Gasteiger partial charge in [-0.05, 0) is 43.7 Å². The largest absolute Gasteiger partial charge is 0.462 e. The quantitative estimate of drug-likeness (QED) is 0.307. The van der Waals surface area contributed by atoms with E-state index in [0.717, 1.165) is 16.9 Å². The van der Waals surface area contributed by atoms with Crippen molar-refractivity contribution in [2.24, 2.45) is 5.14 Å². The highest BCUT2D eigenvalue weighted by molar-refractivity contribution is 7.89. The number of hydrogen-bond acceptors (Lipinski definition) is 11. The van der Waals surface area contributed by atoms with E-state index in [0.29, 0.717) is 39.1 Å². The number of ether oxygens (including phenoxy) is 1. The average Bonchev–Trinajstić information content (AvgIpc) is 3.17. The van der Waals surface area contributed by atoms with Gasteiger partial charge in [-0.3, -0.25) is 5.32 Å². The van der Waals surface area contributed by atoms with Crippen molar-refractivity contribution in [3.05, 3.63) is 58.7 Å². The van der Waals surface area contributed by atoms with E-state index in [1.807, 2.05) is 6.07 Å². The molecular weight excluding hydrogens is 478 g/mol. The number of fused-ring (bicyclic) bond motifs is 1. The monoisotopic (exact) mass is 499 g/mol. The fourth-order valence-corrected chi connectivity index (χ4v) is 4.44. The van der Waals surface area contributed by atoms with Gasteiger partial charge in [0.05, 0.1) is 22.6 Å². The lowest BCUT2D eigenvalue weighted by Crippen LogP contribution is -2.12. The molecule has 0 saturated carbocycles. The maximum Gasteiger partial charge on any atom is 0.350 e. The standard InChI is InChI=1S/C21H21N7O4S2/c1-3-32-19(29)16-12(2)25-21(33-16)28-20-26-17-15(5-4-10-23-17)18(27-20)24-11-13-6-8-14(9-7-13)34(22,30)31/h4-10H,3,11H2,1-2H3,(H2,22,30,31)(H2,23,24,25,26,27,28). The normalized spacial score (nSPS) is 11.4. The van der Waals surface area contributed by atoms with Gasteiger partial charge in [0.2, 0.25) is 16.0 Å². The first-order valence-electron chi connectivity index (χ1n) is 10.1. The average molecular weight is 500 g/mol. The topological polar surface area (TPSA) is 162 Å². The number of aromatic nitrogens is 4. The van der Waals surface area contributed by atoms with Crippen LogP contribution in [0.15, 0.2) is 47.5 Å². The summed E-state index contributed by atoms with van der Waals surface area (Å²) in [6.45, 7) is 4.12. The summed E-state index contributed by atoms with van der Waals surface area (Å²) in [5, 5.41) is 12.6. The van der Waals surface area contributed by atoms with E-state index in [2.05, 4.69) is 30.6 Å². The van der Waals surface area contributed by atoms with Crippen LogP contribution in [0.3, 0.4) is 0 Å². The van der Waals surface area contributed by atoms with E-state index in [4.69, 9.17) is 9.88 Å². The van der Waals surface area contributed by atoms with Crippen molar-refractivity contribution < 1.29 is 17.9 Å². The number of nitrogens with one attached hydrogen (secondary N) is 2. The van der Waals surface area contributed by atoms with Crippen molar-refractivity contribution >= 4 is 55.3 Å². The lowest BCUT2D eigenvalue weighted by molar-refractivity contribution is 0.0531. The smallest absolute Gasteiger partial charge is 0.350 e. The maximum absolute atomic E-state index is 12.1. The van der Waals surface area contributed by atoms with Gasteiger partial charge in [-0.15, -0.1) is 0 Å². The number of thiazole rings is 1. The second-order valence-electron chi connectivity index (χ2n) is 7.09. The number of sulfonamides is 1. The fraction of sp³-hybridized carbons (Fsp3) is 0.190. The highest BCUT2D eigenvalue weighted by atomic mass is 32.2. The Labute approximate surface area is 199 Å². The van der Waals surface area contributed by atoms with Gasteiger partial charge in [-0.25, -0.2) is 28.3 Å². The molecule has 0 aliphatic rings. The molecule has 3 aromatic heterocycles. The summed E-state index contributed by atoms with van der Waals surface area (Å²) in [6.07, 6.45) is 1.63. The van der Waals surface area contributed by atoms with Crippen LogP contribution in [-0.4, -0.2) is 40.9 Å². The Bertz CT molecular complexity index is 1450. The van der Waals surface area contributed by atoms with Crippen LogP contribution < -0.4 is 15.8 Å². The summed E-state index contributed by atoms with van der Waals surface area (Å²) in [5.74, 6) is 0.347. The highest BCUT2D eigenvalue weighted by Crippen LogP contribution is 2.27. The van der Waals surface area contributed by atoms with Crippen LogP contribution in [0.1, 0.15) is 27.9 Å². The van der Waals surface area contributed by atoms with Gasteiger partial charge in [-0.2, -0.15) is 9.97 Å². The number of nitrogens with two attached hydrogens (primary N) is 1. The summed E-state index contributed by atoms with van der Waals surface area (Å²) in [5.41, 5.74) is 1.84. The molecule has 0 aliphatic carbocycles. The molecule has 4 N–H and O–H groups in total. The molecule has 4 aromatic rings. The van der Waals surface area contributed by atoms with Crippen LogP contribution in [0.5, 0.6) is 0 Å². The summed E-state index contributed by atoms with van der Waals surface area (Å²) < 4.78 is 28.0. The van der Waals surface area contributed by atoms with E-state index >= 15 is 0 Å². The van der Waals surface area contributed by atoms with Crippen LogP contribution in [0.2, 0.25) is 0 Å². The number of rotatable bonds is 8. The molecular formula is C21H21N7O4S2. The van der Waals surface area contributed by atoms with Gasteiger partial charge >= 0.3 is 5.97 Å². The molecule has 0 unspecified atom stereocenters. The first-order chi connectivity index (χ1) is 16.2. The predicted molar refractivity (Wildman–Crippen MR) is 129 cm³/mol. The molecule has 11 nitrogen and oxygen atoms in total. The molecule has 34 heavy (non-hydrogen) atoms. The van der Waals surface area contributed by atoms with Crippen LogP contribution in [0, 0.1) is 6.92 Å². The number of primary sulfonamides is 1. The minimum Gasteiger partial charge on any atom is -0.462 e. The number of pyridine rings is 1. The number of carbonyl (C=O) groups is 1. The van der Waals surface area contributed by atoms with E-state index in [9.17, 15) is 13.2 Å². The molecule has 13 heteroatoms. The van der Waals surface area contributed by atoms with Crippen LogP contribution in [0.25, 0.3) is 11.0 Å². The number of esters is 1. The third kappa shape index (κ3) is 5.27. The molecule has 0 aliphatic heterocycles. The number of nitrogens with zero attached hydrogens (tertiary/aromatic N) is 4. The van der Waals surface area contributed by atoms with Crippen molar-refractivity contribution in [1.29, 1.82) is 0 Å². The number of carbonyl (C=O) groups excluding carboxylic acids is 1. The lowest BCUT2D eigenvalue weighted by atomic mass is 10.2. The lowest BCUT2D eigenvalue weighted by Gasteiger charge is -2.11.